The van der Waals surface area contributed by atoms with Crippen LogP contribution in [0.15, 0.2) is 36.5 Å². The van der Waals surface area contributed by atoms with Crippen LogP contribution < -0.4 is 0 Å². The Hall–Kier alpha value is -1.45. The maximum Gasteiger partial charge on any atom is 3.00 e. The van der Waals surface area contributed by atoms with Crippen LogP contribution in [0.5, 0.6) is 0 Å². The minimum absolute atomic E-state index is 0. The molecule has 2 aromatic rings. The number of hydrogen-bond donors (Lipinski definition) is 0. The number of pyridine rings is 1. The SMILES string of the molecule is Fc1c[c-]c(-c2ccccn2)c(F)c1.[C-]=O.[CH3-].[Ir+3]. The molecule has 95 valence electrons. The van der Waals surface area contributed by atoms with Gasteiger partial charge in [-0.1, -0.05) is 23.8 Å². The van der Waals surface area contributed by atoms with Crippen LogP contribution in [0.3, 0.4) is 0 Å². The van der Waals surface area contributed by atoms with E-state index in [4.69, 9.17) is 4.79 Å². The van der Waals surface area contributed by atoms with Crippen LogP contribution in [0.4, 0.5) is 8.78 Å². The average Bonchev–Trinajstić information content (AvgIpc) is 2.33. The third-order valence-corrected chi connectivity index (χ3v) is 1.78. The van der Waals surface area contributed by atoms with Gasteiger partial charge < -0.3 is 24.0 Å². The molecule has 0 aliphatic carbocycles. The molecule has 18 heavy (non-hydrogen) atoms. The van der Waals surface area contributed by atoms with Gasteiger partial charge in [0.15, 0.2) is 0 Å². The van der Waals surface area contributed by atoms with E-state index in [1.165, 1.54) is 0 Å². The number of nitrogens with zero attached hydrogens (tertiary/aromatic N) is 1. The molecule has 0 amide bonds. The second-order valence-electron chi connectivity index (χ2n) is 2.76. The Balaban J connectivity index is 0. The van der Waals surface area contributed by atoms with E-state index in [0.29, 0.717) is 5.69 Å². The summed E-state index contributed by atoms with van der Waals surface area (Å²) in [6.07, 6.45) is 1.55. The van der Waals surface area contributed by atoms with Gasteiger partial charge in [-0.3, -0.25) is 8.78 Å². The largest absolute Gasteiger partial charge is 3.00 e. The maximum atomic E-state index is 13.2. The topological polar surface area (TPSA) is 30.0 Å². The number of hydrogen-bond acceptors (Lipinski definition) is 2. The van der Waals surface area contributed by atoms with E-state index in [2.05, 4.69) is 17.8 Å². The molecule has 0 spiro atoms. The third-order valence-electron chi connectivity index (χ3n) is 1.78. The van der Waals surface area contributed by atoms with Gasteiger partial charge >= 0.3 is 20.1 Å². The molecule has 0 unspecified atom stereocenters. The minimum Gasteiger partial charge on any atom is -0.573 e. The van der Waals surface area contributed by atoms with Crippen molar-refractivity contribution in [2.24, 2.45) is 0 Å². The molecule has 2 nitrogen and oxygen atoms in total. The maximum absolute atomic E-state index is 13.2. The van der Waals surface area contributed by atoms with Gasteiger partial charge in [0.2, 0.25) is 0 Å². The van der Waals surface area contributed by atoms with Crippen molar-refractivity contribution in [1.29, 1.82) is 0 Å². The summed E-state index contributed by atoms with van der Waals surface area (Å²) in [6, 6.07) is 9.53. The van der Waals surface area contributed by atoms with E-state index >= 15 is 0 Å². The Labute approximate surface area is 118 Å². The molecule has 0 aliphatic rings. The van der Waals surface area contributed by atoms with Gasteiger partial charge in [-0.05, 0) is 11.8 Å². The van der Waals surface area contributed by atoms with Gasteiger partial charge in [0.25, 0.3) is 0 Å². The molecule has 0 saturated heterocycles. The van der Waals surface area contributed by atoms with Crippen LogP contribution in [0.2, 0.25) is 0 Å². The molecular formula is C13H9F2IrNO. The first-order chi connectivity index (χ1) is 7.77. The van der Waals surface area contributed by atoms with Crippen molar-refractivity contribution in [3.05, 3.63) is 61.7 Å². The zero-order valence-electron chi connectivity index (χ0n) is 9.41. The van der Waals surface area contributed by atoms with E-state index in [9.17, 15) is 8.78 Å². The van der Waals surface area contributed by atoms with Gasteiger partial charge in [-0.2, -0.15) is 0 Å². The van der Waals surface area contributed by atoms with Crippen LogP contribution in [0.25, 0.3) is 11.3 Å². The number of carbonyl (C=O) groups excluding carboxylic acids is 1. The Morgan fingerprint density at radius 3 is 2.39 bits per heavy atom. The van der Waals surface area contributed by atoms with Crippen molar-refractivity contribution < 1.29 is 33.7 Å². The number of halogens is 2. The Bertz CT molecular complexity index is 466. The monoisotopic (exact) mass is 426 g/mol. The summed E-state index contributed by atoms with van der Waals surface area (Å²) < 4.78 is 25.8. The molecule has 0 aliphatic heterocycles. The van der Waals surface area contributed by atoms with Crippen LogP contribution in [-0.2, 0) is 24.9 Å². The van der Waals surface area contributed by atoms with E-state index in [0.717, 1.165) is 12.1 Å². The Morgan fingerprint density at radius 1 is 1.22 bits per heavy atom. The fraction of sp³-hybridized carbons (Fsp3) is 0. The average molecular weight is 425 g/mol. The van der Waals surface area contributed by atoms with Crippen LogP contribution in [0.1, 0.15) is 0 Å². The zero-order valence-corrected chi connectivity index (χ0v) is 11.8. The first kappa shape index (κ1) is 18.9. The molecule has 1 aromatic carbocycles. The molecule has 0 atom stereocenters. The van der Waals surface area contributed by atoms with Gasteiger partial charge in [0, 0.05) is 17.8 Å². The van der Waals surface area contributed by atoms with Crippen molar-refractivity contribution in [3.63, 3.8) is 0 Å². The molecule has 0 bridgehead atoms. The Kier molecular flexibility index (Phi) is 10.0. The van der Waals surface area contributed by atoms with Gasteiger partial charge in [0.1, 0.15) is 0 Å². The zero-order chi connectivity index (χ0) is 12.0. The number of rotatable bonds is 1. The van der Waals surface area contributed by atoms with E-state index in [-0.39, 0.29) is 33.1 Å². The minimum atomic E-state index is -0.649. The second-order valence-corrected chi connectivity index (χ2v) is 2.76. The number of benzene rings is 1. The fourth-order valence-corrected chi connectivity index (χ4v) is 1.15. The number of aromatic nitrogens is 1. The van der Waals surface area contributed by atoms with Crippen molar-refractivity contribution in [3.8, 4) is 11.3 Å². The summed E-state index contributed by atoms with van der Waals surface area (Å²) in [7, 11) is 0. The molecule has 0 N–H and O–H groups in total. The van der Waals surface area contributed by atoms with Gasteiger partial charge in [0.05, 0.1) is 0 Å². The molecule has 5 heteroatoms. The Morgan fingerprint density at radius 2 is 1.89 bits per heavy atom. The molecule has 0 saturated carbocycles. The molecule has 2 rings (SSSR count). The molecule has 1 heterocycles. The first-order valence-electron chi connectivity index (χ1n) is 4.26. The molecule has 1 aromatic heterocycles. The van der Waals surface area contributed by atoms with Crippen molar-refractivity contribution >= 4 is 6.79 Å². The summed E-state index contributed by atoms with van der Waals surface area (Å²) in [4.78, 5) is 11.4. The predicted octanol–water partition coefficient (Wildman–Crippen LogP) is 2.88. The third kappa shape index (κ3) is 4.82. The normalized spacial score (nSPS) is 8.11. The van der Waals surface area contributed by atoms with Gasteiger partial charge in [-0.15, -0.1) is 12.1 Å². The standard InChI is InChI=1S/C11H6F2N.CO.CH3.Ir/c12-8-4-5-9(10(13)7-8)11-3-1-2-6-14-11;1-2;;/h1-4,6-7H;;1H3;/q3*-1;+3. The van der Waals surface area contributed by atoms with Crippen molar-refractivity contribution in [2.45, 2.75) is 0 Å². The fourth-order valence-electron chi connectivity index (χ4n) is 1.15. The summed E-state index contributed by atoms with van der Waals surface area (Å²) in [5.41, 5.74) is 0.636. The predicted molar refractivity (Wildman–Crippen MR) is 60.5 cm³/mol. The summed E-state index contributed by atoms with van der Waals surface area (Å²) in [6.45, 7) is 4.50. The van der Waals surface area contributed by atoms with Crippen LogP contribution in [-0.4, -0.2) is 11.8 Å². The van der Waals surface area contributed by atoms with Crippen LogP contribution >= 0.6 is 0 Å². The molecular weight excluding hydrogens is 416 g/mol. The van der Waals surface area contributed by atoms with Crippen molar-refractivity contribution in [2.75, 3.05) is 0 Å². The van der Waals surface area contributed by atoms with Crippen molar-refractivity contribution in [1.82, 2.24) is 4.98 Å². The molecule has 1 radical (unpaired) electrons. The second kappa shape index (κ2) is 9.57. The molecule has 0 fully saturated rings. The quantitative estimate of drug-likeness (QED) is 0.658. The van der Waals surface area contributed by atoms with Crippen LogP contribution in [0, 0.1) is 25.1 Å². The summed E-state index contributed by atoms with van der Waals surface area (Å²) in [5.74, 6) is -1.29. The van der Waals surface area contributed by atoms with E-state index in [1.54, 1.807) is 24.4 Å². The smallest absolute Gasteiger partial charge is 0.573 e. The van der Waals surface area contributed by atoms with E-state index in [1.807, 2.05) is 0 Å². The van der Waals surface area contributed by atoms with E-state index < -0.39 is 11.6 Å². The first-order valence-corrected chi connectivity index (χ1v) is 4.26. The summed E-state index contributed by atoms with van der Waals surface area (Å²) >= 11 is 0. The van der Waals surface area contributed by atoms with Gasteiger partial charge in [-0.25, -0.2) is 0 Å². The summed E-state index contributed by atoms with van der Waals surface area (Å²) in [5, 5.41) is 0.